The number of rotatable bonds is 3. The van der Waals surface area contributed by atoms with Crippen molar-refractivity contribution in [1.29, 1.82) is 0 Å². The Bertz CT molecular complexity index is 399. The summed E-state index contributed by atoms with van der Waals surface area (Å²) in [7, 11) is 0. The lowest BCUT2D eigenvalue weighted by Crippen LogP contribution is -2.44. The molecule has 0 aromatic carbocycles. The smallest absolute Gasteiger partial charge is 0.378 e. The van der Waals surface area contributed by atoms with E-state index in [4.69, 9.17) is 5.73 Å². The second kappa shape index (κ2) is 3.74. The Labute approximate surface area is 87.9 Å². The monoisotopic (exact) mass is 238 g/mol. The topological polar surface area (TPSA) is 94.0 Å². The van der Waals surface area contributed by atoms with Crippen molar-refractivity contribution in [2.24, 2.45) is 5.73 Å². The number of alkyl halides is 3. The van der Waals surface area contributed by atoms with Crippen molar-refractivity contribution in [1.82, 2.24) is 14.8 Å². The quantitative estimate of drug-likeness (QED) is 0.744. The van der Waals surface area contributed by atoms with E-state index < -0.39 is 30.1 Å². The number of amides is 1. The number of primary amides is 1. The normalized spacial score (nSPS) is 15.8. The third-order valence-corrected chi connectivity index (χ3v) is 1.79. The van der Waals surface area contributed by atoms with Crippen LogP contribution in [-0.2, 0) is 17.5 Å². The van der Waals surface area contributed by atoms with Crippen LogP contribution in [0.4, 0.5) is 13.2 Å². The fraction of sp³-hybridized carbons (Fsp3) is 0.571. The molecule has 0 bridgehead atoms. The van der Waals surface area contributed by atoms with E-state index in [1.165, 1.54) is 0 Å². The third-order valence-electron chi connectivity index (χ3n) is 1.79. The number of hydrogen-bond acceptors (Lipinski definition) is 4. The van der Waals surface area contributed by atoms with Gasteiger partial charge in [0.1, 0.15) is 6.33 Å². The Morgan fingerprint density at radius 3 is 2.56 bits per heavy atom. The maximum absolute atomic E-state index is 12.1. The number of hydrogen-bond donors (Lipinski definition) is 2. The van der Waals surface area contributed by atoms with Gasteiger partial charge in [-0.05, 0) is 6.92 Å². The summed E-state index contributed by atoms with van der Waals surface area (Å²) in [6.45, 7) is 0.579. The summed E-state index contributed by atoms with van der Waals surface area (Å²) >= 11 is 0. The summed E-state index contributed by atoms with van der Waals surface area (Å²) in [5.74, 6) is -2.40. The Kier molecular flexibility index (Phi) is 2.91. The van der Waals surface area contributed by atoms with E-state index in [1.54, 1.807) is 0 Å². The molecule has 0 spiro atoms. The van der Waals surface area contributed by atoms with Gasteiger partial charge in [0.2, 0.25) is 0 Å². The van der Waals surface area contributed by atoms with Crippen molar-refractivity contribution in [2.45, 2.75) is 25.2 Å². The predicted molar refractivity (Wildman–Crippen MR) is 44.8 cm³/mol. The van der Waals surface area contributed by atoms with Crippen LogP contribution in [0.1, 0.15) is 12.7 Å². The molecule has 3 N–H and O–H groups in total. The van der Waals surface area contributed by atoms with Crippen molar-refractivity contribution < 1.29 is 23.1 Å². The zero-order valence-electron chi connectivity index (χ0n) is 8.19. The number of aliphatic hydroxyl groups is 1. The van der Waals surface area contributed by atoms with E-state index in [-0.39, 0.29) is 0 Å². The van der Waals surface area contributed by atoms with Crippen LogP contribution in [0.3, 0.4) is 0 Å². The van der Waals surface area contributed by atoms with E-state index in [0.717, 1.165) is 13.3 Å². The highest BCUT2D eigenvalue weighted by molar-refractivity contribution is 5.82. The highest BCUT2D eigenvalue weighted by Crippen LogP contribution is 2.25. The highest BCUT2D eigenvalue weighted by atomic mass is 19.4. The fourth-order valence-electron chi connectivity index (χ4n) is 0.894. The van der Waals surface area contributed by atoms with Crippen LogP contribution in [0.2, 0.25) is 0 Å². The lowest BCUT2D eigenvalue weighted by atomic mass is 10.1. The largest absolute Gasteiger partial charge is 0.453 e. The highest BCUT2D eigenvalue weighted by Gasteiger charge is 2.37. The predicted octanol–water partition coefficient (Wildman–Crippen LogP) is -0.467. The Morgan fingerprint density at radius 2 is 2.19 bits per heavy atom. The fourth-order valence-corrected chi connectivity index (χ4v) is 0.894. The third kappa shape index (κ3) is 2.69. The zero-order chi connectivity index (χ0) is 12.6. The van der Waals surface area contributed by atoms with E-state index >= 15 is 0 Å². The minimum absolute atomic E-state index is 0.495. The summed E-state index contributed by atoms with van der Waals surface area (Å²) < 4.78 is 37.0. The molecule has 1 aromatic heterocycles. The second-order valence-electron chi connectivity index (χ2n) is 3.40. The molecule has 0 aliphatic rings. The molecule has 0 aliphatic heterocycles. The maximum Gasteiger partial charge on any atom is 0.453 e. The van der Waals surface area contributed by atoms with E-state index in [0.29, 0.717) is 4.68 Å². The van der Waals surface area contributed by atoms with E-state index in [9.17, 15) is 23.1 Å². The number of aromatic nitrogens is 3. The first-order valence-electron chi connectivity index (χ1n) is 4.12. The lowest BCUT2D eigenvalue weighted by Gasteiger charge is -2.18. The molecule has 1 heterocycles. The summed E-state index contributed by atoms with van der Waals surface area (Å²) in [6, 6.07) is 0. The zero-order valence-corrected chi connectivity index (χ0v) is 8.19. The van der Waals surface area contributed by atoms with Crippen LogP contribution in [0.25, 0.3) is 0 Å². The molecule has 1 aromatic rings. The van der Waals surface area contributed by atoms with Crippen molar-refractivity contribution in [2.75, 3.05) is 0 Å². The molecule has 0 fully saturated rings. The van der Waals surface area contributed by atoms with Crippen molar-refractivity contribution in [3.63, 3.8) is 0 Å². The first-order chi connectivity index (χ1) is 7.13. The van der Waals surface area contributed by atoms with Gasteiger partial charge in [-0.1, -0.05) is 0 Å². The molecule has 9 heteroatoms. The second-order valence-corrected chi connectivity index (χ2v) is 3.40. The van der Waals surface area contributed by atoms with Gasteiger partial charge in [0, 0.05) is 0 Å². The Balaban J connectivity index is 2.85. The van der Waals surface area contributed by atoms with Crippen molar-refractivity contribution >= 4 is 5.91 Å². The van der Waals surface area contributed by atoms with Crippen LogP contribution in [0.15, 0.2) is 6.33 Å². The number of halogens is 3. The molecule has 1 rings (SSSR count). The van der Waals surface area contributed by atoms with Gasteiger partial charge in [-0.2, -0.15) is 13.2 Å². The van der Waals surface area contributed by atoms with Gasteiger partial charge in [0.25, 0.3) is 11.7 Å². The standard InChI is InChI=1S/C7H9F3N4O2/c1-6(16,4(11)15)2-14-3-12-5(13-14)7(8,9)10/h3,16H,2H2,1H3,(H2,11,15). The molecule has 1 atom stereocenters. The van der Waals surface area contributed by atoms with Gasteiger partial charge < -0.3 is 10.8 Å². The summed E-state index contributed by atoms with van der Waals surface area (Å²) in [5.41, 5.74) is 2.86. The van der Waals surface area contributed by atoms with Crippen LogP contribution in [-0.4, -0.2) is 31.4 Å². The number of carbonyl (C=O) groups is 1. The van der Waals surface area contributed by atoms with Gasteiger partial charge in [-0.25, -0.2) is 9.67 Å². The van der Waals surface area contributed by atoms with Crippen LogP contribution in [0.5, 0.6) is 0 Å². The molecular formula is C7H9F3N4O2. The molecule has 16 heavy (non-hydrogen) atoms. The average molecular weight is 238 g/mol. The van der Waals surface area contributed by atoms with Crippen molar-refractivity contribution in [3.05, 3.63) is 12.2 Å². The molecule has 1 amide bonds. The summed E-state index contributed by atoms with van der Waals surface area (Å²) in [4.78, 5) is 13.7. The molecule has 90 valence electrons. The van der Waals surface area contributed by atoms with Crippen LogP contribution >= 0.6 is 0 Å². The van der Waals surface area contributed by atoms with E-state index in [2.05, 4.69) is 10.1 Å². The molecule has 0 saturated carbocycles. The van der Waals surface area contributed by atoms with Crippen molar-refractivity contribution in [3.8, 4) is 0 Å². The molecular weight excluding hydrogens is 229 g/mol. The number of carbonyl (C=O) groups excluding carboxylic acids is 1. The van der Waals surface area contributed by atoms with Gasteiger partial charge in [0.05, 0.1) is 6.54 Å². The van der Waals surface area contributed by atoms with E-state index in [1.807, 2.05) is 0 Å². The molecule has 0 saturated heterocycles. The minimum atomic E-state index is -4.66. The summed E-state index contributed by atoms with van der Waals surface area (Å²) in [5, 5.41) is 12.5. The summed E-state index contributed by atoms with van der Waals surface area (Å²) in [6.07, 6.45) is -3.90. The molecule has 0 radical (unpaired) electrons. The van der Waals surface area contributed by atoms with Gasteiger partial charge in [-0.3, -0.25) is 4.79 Å². The first-order valence-corrected chi connectivity index (χ1v) is 4.12. The van der Waals surface area contributed by atoms with Gasteiger partial charge in [0.15, 0.2) is 5.60 Å². The Hall–Kier alpha value is -1.64. The Morgan fingerprint density at radius 1 is 1.62 bits per heavy atom. The molecule has 0 aliphatic carbocycles. The molecule has 1 unspecified atom stereocenters. The van der Waals surface area contributed by atoms with Gasteiger partial charge >= 0.3 is 6.18 Å². The maximum atomic E-state index is 12.1. The number of nitrogens with zero attached hydrogens (tertiary/aromatic N) is 3. The average Bonchev–Trinajstić information content (AvgIpc) is 2.50. The first kappa shape index (κ1) is 12.4. The van der Waals surface area contributed by atoms with Crippen LogP contribution in [0, 0.1) is 0 Å². The van der Waals surface area contributed by atoms with Crippen LogP contribution < -0.4 is 5.73 Å². The SMILES string of the molecule is CC(O)(Cn1cnc(C(F)(F)F)n1)C(N)=O. The number of nitrogens with two attached hydrogens (primary N) is 1. The minimum Gasteiger partial charge on any atom is -0.378 e. The van der Waals surface area contributed by atoms with Gasteiger partial charge in [-0.15, -0.1) is 5.10 Å². The lowest BCUT2D eigenvalue weighted by molar-refractivity contribution is -0.145. The molecule has 6 nitrogen and oxygen atoms in total.